The van der Waals surface area contributed by atoms with Crippen LogP contribution in [0.3, 0.4) is 0 Å². The van der Waals surface area contributed by atoms with Gasteiger partial charge in [-0.1, -0.05) is 6.92 Å². The predicted molar refractivity (Wildman–Crippen MR) is 83.4 cm³/mol. The molecule has 0 aromatic rings. The van der Waals surface area contributed by atoms with Crippen molar-refractivity contribution < 1.29 is 9.53 Å². The molecule has 2 heterocycles. The van der Waals surface area contributed by atoms with Gasteiger partial charge in [0.15, 0.2) is 0 Å². The van der Waals surface area contributed by atoms with E-state index in [2.05, 4.69) is 17.1 Å². The van der Waals surface area contributed by atoms with Crippen molar-refractivity contribution in [2.75, 3.05) is 26.2 Å². The molecule has 1 atom stereocenters. The van der Waals surface area contributed by atoms with Crippen LogP contribution in [0, 0.1) is 0 Å². The Hall–Kier alpha value is -0.320. The van der Waals surface area contributed by atoms with E-state index in [-0.39, 0.29) is 12.4 Å². The number of hydrogen-bond donors (Lipinski definition) is 1. The lowest BCUT2D eigenvalue weighted by Crippen LogP contribution is -2.46. The first kappa shape index (κ1) is 17.7. The zero-order chi connectivity index (χ0) is 13.5. The summed E-state index contributed by atoms with van der Waals surface area (Å²) in [5.74, 6) is 0.337. The molecule has 1 amide bonds. The standard InChI is InChI=1S/C15H28N2O2.ClH/c1-2-11-17(13-7-9-16-10-8-13)15(18)6-5-14-4-3-12-19-14;/h13-14,16H,2-12H2,1H3;1H. The van der Waals surface area contributed by atoms with Gasteiger partial charge < -0.3 is 15.0 Å². The van der Waals surface area contributed by atoms with Gasteiger partial charge in [-0.3, -0.25) is 4.79 Å². The van der Waals surface area contributed by atoms with Gasteiger partial charge in [0, 0.05) is 25.6 Å². The van der Waals surface area contributed by atoms with Crippen molar-refractivity contribution in [3.05, 3.63) is 0 Å². The van der Waals surface area contributed by atoms with Crippen LogP contribution in [-0.4, -0.2) is 49.2 Å². The lowest BCUT2D eigenvalue weighted by Gasteiger charge is -2.35. The van der Waals surface area contributed by atoms with Gasteiger partial charge in [-0.25, -0.2) is 0 Å². The van der Waals surface area contributed by atoms with E-state index in [4.69, 9.17) is 4.74 Å². The van der Waals surface area contributed by atoms with Gasteiger partial charge in [0.1, 0.15) is 0 Å². The van der Waals surface area contributed by atoms with E-state index in [0.29, 0.717) is 24.5 Å². The van der Waals surface area contributed by atoms with Crippen LogP contribution in [0.25, 0.3) is 0 Å². The third-order valence-corrected chi connectivity index (χ3v) is 4.24. The first-order valence-electron chi connectivity index (χ1n) is 7.93. The Kier molecular flexibility index (Phi) is 8.50. The maximum atomic E-state index is 12.4. The number of halogens is 1. The van der Waals surface area contributed by atoms with Crippen LogP contribution < -0.4 is 5.32 Å². The molecule has 0 spiro atoms. The van der Waals surface area contributed by atoms with E-state index < -0.39 is 0 Å². The lowest BCUT2D eigenvalue weighted by molar-refractivity contribution is -0.134. The molecule has 1 unspecified atom stereocenters. The highest BCUT2D eigenvalue weighted by molar-refractivity contribution is 5.85. The van der Waals surface area contributed by atoms with Crippen molar-refractivity contribution in [2.24, 2.45) is 0 Å². The number of nitrogens with zero attached hydrogens (tertiary/aromatic N) is 1. The van der Waals surface area contributed by atoms with Gasteiger partial charge in [0.25, 0.3) is 0 Å². The molecule has 0 aromatic carbocycles. The largest absolute Gasteiger partial charge is 0.378 e. The number of carbonyl (C=O) groups excluding carboxylic acids is 1. The summed E-state index contributed by atoms with van der Waals surface area (Å²) < 4.78 is 5.61. The average Bonchev–Trinajstić information content (AvgIpc) is 2.96. The zero-order valence-corrected chi connectivity index (χ0v) is 13.4. The smallest absolute Gasteiger partial charge is 0.222 e. The molecule has 118 valence electrons. The van der Waals surface area contributed by atoms with Crippen LogP contribution in [-0.2, 0) is 9.53 Å². The number of carbonyl (C=O) groups is 1. The summed E-state index contributed by atoms with van der Waals surface area (Å²) in [7, 11) is 0. The number of hydrogen-bond acceptors (Lipinski definition) is 3. The van der Waals surface area contributed by atoms with Crippen LogP contribution in [0.5, 0.6) is 0 Å². The van der Waals surface area contributed by atoms with E-state index in [1.54, 1.807) is 0 Å². The third kappa shape index (κ3) is 5.23. The highest BCUT2D eigenvalue weighted by atomic mass is 35.5. The molecule has 5 heteroatoms. The molecule has 1 N–H and O–H groups in total. The van der Waals surface area contributed by atoms with Gasteiger partial charge in [0.2, 0.25) is 5.91 Å². The summed E-state index contributed by atoms with van der Waals surface area (Å²) in [5, 5.41) is 3.37. The second-order valence-electron chi connectivity index (χ2n) is 5.74. The molecule has 0 saturated carbocycles. The molecule has 2 saturated heterocycles. The van der Waals surface area contributed by atoms with Crippen LogP contribution in [0.4, 0.5) is 0 Å². The molecule has 2 aliphatic heterocycles. The van der Waals surface area contributed by atoms with Gasteiger partial charge in [0.05, 0.1) is 6.10 Å². The number of piperidine rings is 1. The van der Waals surface area contributed by atoms with E-state index in [1.165, 1.54) is 0 Å². The minimum absolute atomic E-state index is 0. The molecule has 2 rings (SSSR count). The molecule has 0 radical (unpaired) electrons. The summed E-state index contributed by atoms with van der Waals surface area (Å²) in [6.45, 7) is 6.04. The molecule has 2 fully saturated rings. The van der Waals surface area contributed by atoms with Crippen molar-refractivity contribution in [2.45, 2.75) is 64.0 Å². The van der Waals surface area contributed by atoms with Crippen LogP contribution in [0.1, 0.15) is 51.9 Å². The van der Waals surface area contributed by atoms with Crippen LogP contribution >= 0.6 is 12.4 Å². The second-order valence-corrected chi connectivity index (χ2v) is 5.74. The Morgan fingerprint density at radius 2 is 2.05 bits per heavy atom. The number of rotatable bonds is 6. The van der Waals surface area contributed by atoms with Gasteiger partial charge in [-0.15, -0.1) is 12.4 Å². The lowest BCUT2D eigenvalue weighted by atomic mass is 10.0. The molecule has 0 bridgehead atoms. The molecule has 20 heavy (non-hydrogen) atoms. The highest BCUT2D eigenvalue weighted by Crippen LogP contribution is 2.19. The van der Waals surface area contributed by atoms with Crippen LogP contribution in [0.2, 0.25) is 0 Å². The van der Waals surface area contributed by atoms with Crippen LogP contribution in [0.15, 0.2) is 0 Å². The number of ether oxygens (including phenoxy) is 1. The summed E-state index contributed by atoms with van der Waals surface area (Å²) in [6.07, 6.45) is 7.45. The van der Waals surface area contributed by atoms with Gasteiger partial charge >= 0.3 is 0 Å². The van der Waals surface area contributed by atoms with Crippen molar-refractivity contribution >= 4 is 18.3 Å². The monoisotopic (exact) mass is 304 g/mol. The van der Waals surface area contributed by atoms with Crippen molar-refractivity contribution in [3.8, 4) is 0 Å². The maximum Gasteiger partial charge on any atom is 0.222 e. The number of nitrogens with one attached hydrogen (secondary N) is 1. The third-order valence-electron chi connectivity index (χ3n) is 4.24. The fraction of sp³-hybridized carbons (Fsp3) is 0.933. The first-order valence-corrected chi connectivity index (χ1v) is 7.93. The summed E-state index contributed by atoms with van der Waals surface area (Å²) >= 11 is 0. The highest BCUT2D eigenvalue weighted by Gasteiger charge is 2.25. The van der Waals surface area contributed by atoms with E-state index in [9.17, 15) is 4.79 Å². The van der Waals surface area contributed by atoms with Crippen molar-refractivity contribution in [1.82, 2.24) is 10.2 Å². The Labute approximate surface area is 129 Å². The van der Waals surface area contributed by atoms with E-state index >= 15 is 0 Å². The molecule has 0 aliphatic carbocycles. The molecule has 2 aliphatic rings. The van der Waals surface area contributed by atoms with E-state index in [1.807, 2.05) is 0 Å². The average molecular weight is 305 g/mol. The summed E-state index contributed by atoms with van der Waals surface area (Å²) in [6, 6.07) is 0.457. The fourth-order valence-electron chi connectivity index (χ4n) is 3.17. The molecular formula is C15H29ClN2O2. The predicted octanol–water partition coefficient (Wildman–Crippen LogP) is 2.36. The number of amides is 1. The quantitative estimate of drug-likeness (QED) is 0.819. The normalized spacial score (nSPS) is 23.4. The maximum absolute atomic E-state index is 12.4. The Bertz CT molecular complexity index is 277. The van der Waals surface area contributed by atoms with E-state index in [0.717, 1.165) is 64.8 Å². The Morgan fingerprint density at radius 1 is 1.30 bits per heavy atom. The van der Waals surface area contributed by atoms with Crippen molar-refractivity contribution in [1.29, 1.82) is 0 Å². The Morgan fingerprint density at radius 3 is 2.65 bits per heavy atom. The first-order chi connectivity index (χ1) is 9.31. The fourth-order valence-corrected chi connectivity index (χ4v) is 3.17. The minimum Gasteiger partial charge on any atom is -0.378 e. The van der Waals surface area contributed by atoms with Gasteiger partial charge in [-0.2, -0.15) is 0 Å². The summed E-state index contributed by atoms with van der Waals surface area (Å²) in [5.41, 5.74) is 0. The van der Waals surface area contributed by atoms with Gasteiger partial charge in [-0.05, 0) is 51.6 Å². The summed E-state index contributed by atoms with van der Waals surface area (Å²) in [4.78, 5) is 14.6. The SMILES string of the molecule is CCCN(C(=O)CCC1CCCO1)C1CCNCC1.Cl. The molecular weight excluding hydrogens is 276 g/mol. The Balaban J connectivity index is 0.00000200. The second kappa shape index (κ2) is 9.59. The van der Waals surface area contributed by atoms with Crippen molar-refractivity contribution in [3.63, 3.8) is 0 Å². The topological polar surface area (TPSA) is 41.6 Å². The molecule has 0 aromatic heterocycles. The zero-order valence-electron chi connectivity index (χ0n) is 12.6. The molecule has 4 nitrogen and oxygen atoms in total. The minimum atomic E-state index is 0.